The van der Waals surface area contributed by atoms with Gasteiger partial charge in [0, 0.05) is 12.2 Å². The maximum Gasteiger partial charge on any atom is 0.281 e. The van der Waals surface area contributed by atoms with E-state index >= 15 is 0 Å². The minimum atomic E-state index is -3.61. The molecule has 0 saturated heterocycles. The third kappa shape index (κ3) is 1.94. The van der Waals surface area contributed by atoms with Gasteiger partial charge in [0.25, 0.3) is 10.0 Å². The number of imidazole rings is 1. The van der Waals surface area contributed by atoms with Crippen LogP contribution in [0.4, 0.5) is 11.4 Å². The minimum Gasteiger partial charge on any atom is -0.398 e. The van der Waals surface area contributed by atoms with E-state index in [4.69, 9.17) is 5.73 Å². The lowest BCUT2D eigenvalue weighted by atomic mass is 10.0. The lowest BCUT2D eigenvalue weighted by Crippen LogP contribution is -2.36. The molecule has 1 aromatic heterocycles. The standard InChI is InChI=1S/C13H16N4O2S/c1-9-15-8-13(16-9)20(18,19)17-7-3-4-10-11(14)5-2-6-12(10)17/h2,5-6,8H,3-4,7,14H2,1H3,(H,15,16). The van der Waals surface area contributed by atoms with E-state index in [0.717, 1.165) is 18.4 Å². The van der Waals surface area contributed by atoms with Gasteiger partial charge < -0.3 is 10.7 Å². The van der Waals surface area contributed by atoms with Crippen molar-refractivity contribution in [3.05, 3.63) is 35.8 Å². The monoisotopic (exact) mass is 292 g/mol. The molecule has 20 heavy (non-hydrogen) atoms. The number of nitrogens with two attached hydrogens (primary N) is 1. The molecule has 0 atom stereocenters. The zero-order valence-electron chi connectivity index (χ0n) is 11.1. The minimum absolute atomic E-state index is 0.116. The number of hydrogen-bond acceptors (Lipinski definition) is 4. The average molecular weight is 292 g/mol. The first-order chi connectivity index (χ1) is 9.50. The summed E-state index contributed by atoms with van der Waals surface area (Å²) in [6.07, 6.45) is 2.91. The van der Waals surface area contributed by atoms with Gasteiger partial charge in [-0.3, -0.25) is 4.31 Å². The second-order valence-electron chi connectivity index (χ2n) is 4.86. The van der Waals surface area contributed by atoms with E-state index < -0.39 is 10.0 Å². The van der Waals surface area contributed by atoms with Gasteiger partial charge in [-0.2, -0.15) is 8.42 Å². The number of nitrogens with zero attached hydrogens (tertiary/aromatic N) is 2. The first kappa shape index (κ1) is 13.0. The number of aryl methyl sites for hydroxylation is 1. The molecule has 1 aliphatic rings. The molecule has 0 bridgehead atoms. The lowest BCUT2D eigenvalue weighted by molar-refractivity contribution is 0.583. The summed E-state index contributed by atoms with van der Waals surface area (Å²) in [4.78, 5) is 6.75. The number of anilines is 2. The van der Waals surface area contributed by atoms with E-state index in [-0.39, 0.29) is 5.03 Å². The number of aromatic amines is 1. The molecule has 6 nitrogen and oxygen atoms in total. The van der Waals surface area contributed by atoms with Gasteiger partial charge in [-0.1, -0.05) is 6.07 Å². The fraction of sp³-hybridized carbons (Fsp3) is 0.308. The summed E-state index contributed by atoms with van der Waals surface area (Å²) in [5.41, 5.74) is 8.16. The molecular formula is C13H16N4O2S. The number of hydrogen-bond donors (Lipinski definition) is 2. The summed E-state index contributed by atoms with van der Waals surface area (Å²) in [5.74, 6) is 0.577. The molecule has 3 N–H and O–H groups in total. The largest absolute Gasteiger partial charge is 0.398 e. The summed E-state index contributed by atoms with van der Waals surface area (Å²) in [6, 6.07) is 5.38. The van der Waals surface area contributed by atoms with Crippen molar-refractivity contribution in [2.24, 2.45) is 0 Å². The molecule has 1 aromatic carbocycles. The van der Waals surface area contributed by atoms with Crippen LogP contribution in [0.5, 0.6) is 0 Å². The van der Waals surface area contributed by atoms with Crippen LogP contribution in [0.3, 0.4) is 0 Å². The van der Waals surface area contributed by atoms with Crippen LogP contribution in [0.25, 0.3) is 0 Å². The molecule has 1 aliphatic heterocycles. The van der Waals surface area contributed by atoms with Crippen molar-refractivity contribution < 1.29 is 8.42 Å². The topological polar surface area (TPSA) is 92.1 Å². The fourth-order valence-electron chi connectivity index (χ4n) is 2.52. The Hall–Kier alpha value is -2.02. The quantitative estimate of drug-likeness (QED) is 0.819. The molecule has 106 valence electrons. The molecule has 0 spiro atoms. The smallest absolute Gasteiger partial charge is 0.281 e. The van der Waals surface area contributed by atoms with E-state index in [9.17, 15) is 8.42 Å². The highest BCUT2D eigenvalue weighted by Crippen LogP contribution is 2.34. The molecule has 0 radical (unpaired) electrons. The van der Waals surface area contributed by atoms with Gasteiger partial charge in [0.1, 0.15) is 5.82 Å². The van der Waals surface area contributed by atoms with Gasteiger partial charge in [-0.15, -0.1) is 0 Å². The summed E-state index contributed by atoms with van der Waals surface area (Å²) >= 11 is 0. The Labute approximate surface area is 117 Å². The molecule has 2 aromatic rings. The van der Waals surface area contributed by atoms with E-state index in [0.29, 0.717) is 23.7 Å². The number of nitrogen functional groups attached to an aromatic ring is 1. The normalized spacial score (nSPS) is 15.2. The highest BCUT2D eigenvalue weighted by Gasteiger charge is 2.30. The van der Waals surface area contributed by atoms with Crippen LogP contribution in [-0.2, 0) is 16.4 Å². The van der Waals surface area contributed by atoms with Crippen molar-refractivity contribution in [2.45, 2.75) is 24.8 Å². The molecule has 7 heteroatoms. The van der Waals surface area contributed by atoms with Gasteiger partial charge >= 0.3 is 0 Å². The number of H-pyrrole nitrogens is 1. The third-order valence-corrected chi connectivity index (χ3v) is 5.21. The van der Waals surface area contributed by atoms with Crippen LogP contribution in [0.15, 0.2) is 29.4 Å². The predicted octanol–water partition coefficient (Wildman–Crippen LogP) is 1.44. The van der Waals surface area contributed by atoms with E-state index in [1.165, 1.54) is 10.5 Å². The summed E-state index contributed by atoms with van der Waals surface area (Å²) in [7, 11) is -3.61. The Bertz CT molecular complexity index is 751. The Morgan fingerprint density at radius 2 is 2.20 bits per heavy atom. The molecule has 0 amide bonds. The molecule has 0 unspecified atom stereocenters. The van der Waals surface area contributed by atoms with Crippen LogP contribution < -0.4 is 10.0 Å². The summed E-state index contributed by atoms with van der Waals surface area (Å²) < 4.78 is 26.8. The Morgan fingerprint density at radius 1 is 1.40 bits per heavy atom. The molecule has 0 fully saturated rings. The highest BCUT2D eigenvalue weighted by molar-refractivity contribution is 7.92. The van der Waals surface area contributed by atoms with E-state index in [1.54, 1.807) is 25.1 Å². The van der Waals surface area contributed by atoms with Gasteiger partial charge in [0.2, 0.25) is 0 Å². The SMILES string of the molecule is Cc1ncc(S(=O)(=O)N2CCCc3c(N)cccc32)[nH]1. The van der Waals surface area contributed by atoms with Gasteiger partial charge in [-0.05, 0) is 37.5 Å². The highest BCUT2D eigenvalue weighted by atomic mass is 32.2. The number of sulfonamides is 1. The first-order valence-electron chi connectivity index (χ1n) is 6.42. The fourth-order valence-corrected chi connectivity index (χ4v) is 4.02. The molecule has 3 rings (SSSR count). The maximum atomic E-state index is 12.7. The van der Waals surface area contributed by atoms with Crippen LogP contribution in [0, 0.1) is 6.92 Å². The van der Waals surface area contributed by atoms with Crippen molar-refractivity contribution in [3.8, 4) is 0 Å². The van der Waals surface area contributed by atoms with Crippen molar-refractivity contribution in [1.82, 2.24) is 9.97 Å². The van der Waals surface area contributed by atoms with Crippen LogP contribution in [0.1, 0.15) is 17.8 Å². The van der Waals surface area contributed by atoms with Gasteiger partial charge in [0.15, 0.2) is 5.03 Å². The zero-order chi connectivity index (χ0) is 14.3. The zero-order valence-corrected chi connectivity index (χ0v) is 11.9. The van der Waals surface area contributed by atoms with E-state index in [1.807, 2.05) is 0 Å². The number of rotatable bonds is 2. The summed E-state index contributed by atoms with van der Waals surface area (Å²) in [5, 5.41) is 0.116. The van der Waals surface area contributed by atoms with Crippen molar-refractivity contribution in [1.29, 1.82) is 0 Å². The van der Waals surface area contributed by atoms with Crippen LogP contribution in [-0.4, -0.2) is 24.9 Å². The second kappa shape index (κ2) is 4.52. The van der Waals surface area contributed by atoms with Gasteiger partial charge in [0.05, 0.1) is 11.9 Å². The molecule has 2 heterocycles. The number of aromatic nitrogens is 2. The number of benzene rings is 1. The number of nitrogens with one attached hydrogen (secondary N) is 1. The number of fused-ring (bicyclic) bond motifs is 1. The van der Waals surface area contributed by atoms with Crippen molar-refractivity contribution >= 4 is 21.4 Å². The Kier molecular flexibility index (Phi) is 2.93. The second-order valence-corrected chi connectivity index (χ2v) is 6.69. The molecular weight excluding hydrogens is 276 g/mol. The van der Waals surface area contributed by atoms with Crippen LogP contribution >= 0.6 is 0 Å². The van der Waals surface area contributed by atoms with Crippen LogP contribution in [0.2, 0.25) is 0 Å². The van der Waals surface area contributed by atoms with Gasteiger partial charge in [-0.25, -0.2) is 4.98 Å². The molecule has 0 saturated carbocycles. The average Bonchev–Trinajstić information content (AvgIpc) is 2.86. The maximum absolute atomic E-state index is 12.7. The third-order valence-electron chi connectivity index (χ3n) is 3.49. The Balaban J connectivity index is 2.11. The van der Waals surface area contributed by atoms with Crippen molar-refractivity contribution in [2.75, 3.05) is 16.6 Å². The Morgan fingerprint density at radius 3 is 2.90 bits per heavy atom. The van der Waals surface area contributed by atoms with Crippen molar-refractivity contribution in [3.63, 3.8) is 0 Å². The lowest BCUT2D eigenvalue weighted by Gasteiger charge is -2.30. The predicted molar refractivity (Wildman–Crippen MR) is 77.0 cm³/mol. The molecule has 0 aliphatic carbocycles. The van der Waals surface area contributed by atoms with E-state index in [2.05, 4.69) is 9.97 Å². The summed E-state index contributed by atoms with van der Waals surface area (Å²) in [6.45, 7) is 2.18. The first-order valence-corrected chi connectivity index (χ1v) is 7.86.